The standard InChI is InChI=1S/C22H28N2O4/c1-7-28-21(26)18-13-24(14(2)22(3,4)5)16(11-20(18)25)10-15-8-9-17(27-6)12-19(15)23/h8-14,23H,7H2,1-6H3/b15-10+,23-19?. The number of nitrogens with one attached hydrogen (secondary N) is 1. The second-order valence-corrected chi connectivity index (χ2v) is 7.74. The van der Waals surface area contributed by atoms with Crippen LogP contribution in [0.3, 0.4) is 0 Å². The minimum atomic E-state index is -0.625. The first-order chi connectivity index (χ1) is 13.1. The Kier molecular flexibility index (Phi) is 6.44. The first-order valence-corrected chi connectivity index (χ1v) is 9.26. The minimum Gasteiger partial charge on any atom is -0.497 e. The Labute approximate surface area is 165 Å². The van der Waals surface area contributed by atoms with Crippen LogP contribution in [0.4, 0.5) is 0 Å². The molecule has 1 heterocycles. The van der Waals surface area contributed by atoms with Crippen LogP contribution in [0.1, 0.15) is 56.7 Å². The van der Waals surface area contributed by atoms with Crippen molar-refractivity contribution in [1.82, 2.24) is 4.57 Å². The Bertz CT molecular complexity index is 927. The third-order valence-corrected chi connectivity index (χ3v) is 4.84. The molecule has 1 aromatic heterocycles. The van der Waals surface area contributed by atoms with Crippen molar-refractivity contribution in [2.24, 2.45) is 5.41 Å². The number of carbonyl (C=O) groups excluding carboxylic acids is 1. The van der Waals surface area contributed by atoms with E-state index in [2.05, 4.69) is 20.8 Å². The van der Waals surface area contributed by atoms with Gasteiger partial charge in [-0.3, -0.25) is 4.79 Å². The highest BCUT2D eigenvalue weighted by Crippen LogP contribution is 2.31. The highest BCUT2D eigenvalue weighted by Gasteiger charge is 2.25. The molecule has 1 aliphatic carbocycles. The van der Waals surface area contributed by atoms with E-state index in [-0.39, 0.29) is 29.3 Å². The predicted octanol–water partition coefficient (Wildman–Crippen LogP) is 4.14. The molecule has 0 spiro atoms. The molecule has 0 aliphatic heterocycles. The number of ether oxygens (including phenoxy) is 2. The van der Waals surface area contributed by atoms with Crippen LogP contribution >= 0.6 is 0 Å². The van der Waals surface area contributed by atoms with Crippen LogP contribution in [0.5, 0.6) is 0 Å². The summed E-state index contributed by atoms with van der Waals surface area (Å²) < 4.78 is 12.1. The van der Waals surface area contributed by atoms with E-state index < -0.39 is 11.4 Å². The molecule has 150 valence electrons. The monoisotopic (exact) mass is 384 g/mol. The van der Waals surface area contributed by atoms with Crippen molar-refractivity contribution >= 4 is 17.8 Å². The van der Waals surface area contributed by atoms with Gasteiger partial charge in [0.2, 0.25) is 0 Å². The molecule has 6 heteroatoms. The predicted molar refractivity (Wildman–Crippen MR) is 111 cm³/mol. The molecule has 6 nitrogen and oxygen atoms in total. The topological polar surface area (TPSA) is 81.4 Å². The molecule has 0 aromatic carbocycles. The van der Waals surface area contributed by atoms with Crippen molar-refractivity contribution in [3.05, 3.63) is 63.3 Å². The van der Waals surface area contributed by atoms with Crippen LogP contribution in [0.2, 0.25) is 0 Å². The first-order valence-electron chi connectivity index (χ1n) is 9.26. The Morgan fingerprint density at radius 3 is 2.54 bits per heavy atom. The summed E-state index contributed by atoms with van der Waals surface area (Å²) >= 11 is 0. The van der Waals surface area contributed by atoms with E-state index in [9.17, 15) is 9.59 Å². The van der Waals surface area contributed by atoms with Gasteiger partial charge in [-0.25, -0.2) is 4.79 Å². The molecular weight excluding hydrogens is 356 g/mol. The number of methoxy groups -OCH3 is 1. The minimum absolute atomic E-state index is 0.0101. The molecule has 1 atom stereocenters. The fourth-order valence-electron chi connectivity index (χ4n) is 2.74. The van der Waals surface area contributed by atoms with Crippen molar-refractivity contribution in [2.75, 3.05) is 13.7 Å². The summed E-state index contributed by atoms with van der Waals surface area (Å²) in [6, 6.07) is 1.41. The summed E-state index contributed by atoms with van der Waals surface area (Å²) in [5.74, 6) is -0.0280. The maximum absolute atomic E-state index is 12.6. The largest absolute Gasteiger partial charge is 0.497 e. The van der Waals surface area contributed by atoms with Crippen molar-refractivity contribution in [1.29, 1.82) is 5.41 Å². The van der Waals surface area contributed by atoms with Gasteiger partial charge in [-0.05, 0) is 37.5 Å². The normalized spacial score (nSPS) is 16.7. The number of hydrogen-bond donors (Lipinski definition) is 1. The fourth-order valence-corrected chi connectivity index (χ4v) is 2.74. The Morgan fingerprint density at radius 1 is 1.32 bits per heavy atom. The van der Waals surface area contributed by atoms with Gasteiger partial charge in [-0.2, -0.15) is 0 Å². The number of nitrogens with zero attached hydrogens (tertiary/aromatic N) is 1. The molecule has 1 aliphatic rings. The quantitative estimate of drug-likeness (QED) is 0.774. The highest BCUT2D eigenvalue weighted by molar-refractivity contribution is 6.12. The van der Waals surface area contributed by atoms with Crippen LogP contribution in [0.25, 0.3) is 6.08 Å². The lowest BCUT2D eigenvalue weighted by molar-refractivity contribution is 0.0523. The van der Waals surface area contributed by atoms with E-state index in [0.717, 1.165) is 0 Å². The summed E-state index contributed by atoms with van der Waals surface area (Å²) in [5.41, 5.74) is 1.06. The third kappa shape index (κ3) is 4.68. The van der Waals surface area contributed by atoms with Crippen molar-refractivity contribution in [3.8, 4) is 0 Å². The first kappa shape index (κ1) is 21.4. The number of aromatic nitrogens is 1. The molecule has 1 unspecified atom stereocenters. The van der Waals surface area contributed by atoms with Gasteiger partial charge in [0.25, 0.3) is 0 Å². The summed E-state index contributed by atoms with van der Waals surface area (Å²) in [4.78, 5) is 24.7. The second kappa shape index (κ2) is 8.42. The Morgan fingerprint density at radius 2 is 2.00 bits per heavy atom. The summed E-state index contributed by atoms with van der Waals surface area (Å²) in [6.45, 7) is 10.2. The second-order valence-electron chi connectivity index (χ2n) is 7.74. The van der Waals surface area contributed by atoms with Gasteiger partial charge in [0.05, 0.1) is 19.4 Å². The lowest BCUT2D eigenvalue weighted by Gasteiger charge is -2.31. The molecule has 0 saturated carbocycles. The summed E-state index contributed by atoms with van der Waals surface area (Å²) in [7, 11) is 1.55. The number of pyridine rings is 1. The Hall–Kier alpha value is -2.89. The van der Waals surface area contributed by atoms with E-state index in [1.54, 1.807) is 44.5 Å². The lowest BCUT2D eigenvalue weighted by atomic mass is 9.87. The smallest absolute Gasteiger partial charge is 0.343 e. The third-order valence-electron chi connectivity index (χ3n) is 4.84. The number of hydrogen-bond acceptors (Lipinski definition) is 5. The molecule has 0 radical (unpaired) electrons. The molecule has 2 rings (SSSR count). The molecule has 28 heavy (non-hydrogen) atoms. The number of rotatable bonds is 5. The number of esters is 1. The summed E-state index contributed by atoms with van der Waals surface area (Å²) in [6.07, 6.45) is 8.51. The number of carbonyl (C=O) groups is 1. The van der Waals surface area contributed by atoms with E-state index in [1.807, 2.05) is 11.5 Å². The zero-order valence-electron chi connectivity index (χ0n) is 17.3. The Balaban J connectivity index is 2.62. The van der Waals surface area contributed by atoms with Gasteiger partial charge in [-0.15, -0.1) is 0 Å². The summed E-state index contributed by atoms with van der Waals surface area (Å²) in [5, 5.41) is 8.21. The maximum Gasteiger partial charge on any atom is 0.343 e. The van der Waals surface area contributed by atoms with E-state index in [4.69, 9.17) is 14.9 Å². The molecular formula is C22H28N2O4. The van der Waals surface area contributed by atoms with Crippen molar-refractivity contribution in [2.45, 2.75) is 40.7 Å². The molecule has 0 fully saturated rings. The fraction of sp³-hybridized carbons (Fsp3) is 0.409. The van der Waals surface area contributed by atoms with E-state index >= 15 is 0 Å². The van der Waals surface area contributed by atoms with Crippen LogP contribution in [-0.4, -0.2) is 30.0 Å². The zero-order valence-corrected chi connectivity index (χ0v) is 17.3. The van der Waals surface area contributed by atoms with Crippen molar-refractivity contribution < 1.29 is 14.3 Å². The van der Waals surface area contributed by atoms with Gasteiger partial charge < -0.3 is 19.5 Å². The van der Waals surface area contributed by atoms with Gasteiger partial charge >= 0.3 is 5.97 Å². The van der Waals surface area contributed by atoms with Gasteiger partial charge in [0.15, 0.2) is 5.43 Å². The maximum atomic E-state index is 12.6. The van der Waals surface area contributed by atoms with E-state index in [1.165, 1.54) is 6.07 Å². The molecule has 1 aromatic rings. The van der Waals surface area contributed by atoms with Crippen LogP contribution in [-0.2, 0) is 9.47 Å². The number of allylic oxidation sites excluding steroid dienone is 4. The zero-order chi connectivity index (χ0) is 21.1. The molecule has 0 bridgehead atoms. The molecule has 1 N–H and O–H groups in total. The van der Waals surface area contributed by atoms with E-state index in [0.29, 0.717) is 17.0 Å². The SMILES string of the molecule is CCOC(=O)c1cn(C(C)C(C)(C)C)c(/C=C2\C=CC(OC)=CC2=N)cc1=O. The van der Waals surface area contributed by atoms with Crippen LogP contribution in [0.15, 0.2) is 46.6 Å². The average Bonchev–Trinajstić information content (AvgIpc) is 2.62. The lowest BCUT2D eigenvalue weighted by Crippen LogP contribution is -2.27. The van der Waals surface area contributed by atoms with Gasteiger partial charge in [-0.1, -0.05) is 20.8 Å². The average molecular weight is 384 g/mol. The molecule has 0 saturated heterocycles. The van der Waals surface area contributed by atoms with Crippen LogP contribution < -0.4 is 5.43 Å². The highest BCUT2D eigenvalue weighted by atomic mass is 16.5. The van der Waals surface area contributed by atoms with Gasteiger partial charge in [0.1, 0.15) is 11.3 Å². The van der Waals surface area contributed by atoms with Gasteiger partial charge in [0, 0.05) is 35.6 Å². The van der Waals surface area contributed by atoms with Crippen LogP contribution in [0, 0.1) is 10.8 Å². The van der Waals surface area contributed by atoms with Crippen molar-refractivity contribution in [3.63, 3.8) is 0 Å². The molecule has 0 amide bonds.